The number of carbonyl (C=O) groups is 2. The first kappa shape index (κ1) is 20.5. The quantitative estimate of drug-likeness (QED) is 0.623. The first-order valence-corrected chi connectivity index (χ1v) is 8.84. The lowest BCUT2D eigenvalue weighted by atomic mass is 10.1. The highest BCUT2D eigenvalue weighted by Gasteiger charge is 2.47. The van der Waals surface area contributed by atoms with E-state index >= 15 is 0 Å². The van der Waals surface area contributed by atoms with Crippen LogP contribution in [0, 0.1) is 11.3 Å². The molecule has 0 aliphatic carbocycles. The number of nitriles is 1. The molecule has 149 valence electrons. The maximum Gasteiger partial charge on any atom is 0.346 e. The molecule has 0 spiro atoms. The van der Waals surface area contributed by atoms with Gasteiger partial charge in [-0.3, -0.25) is 14.6 Å². The van der Waals surface area contributed by atoms with E-state index in [4.69, 9.17) is 5.26 Å². The lowest BCUT2D eigenvalue weighted by Gasteiger charge is -2.19. The van der Waals surface area contributed by atoms with Crippen molar-refractivity contribution in [3.8, 4) is 6.07 Å². The summed E-state index contributed by atoms with van der Waals surface area (Å²) in [4.78, 5) is 30.0. The number of hydrogen-bond acceptors (Lipinski definition) is 6. The van der Waals surface area contributed by atoms with E-state index in [0.717, 1.165) is 4.90 Å². The number of nitrogens with one attached hydrogen (secondary N) is 3. The summed E-state index contributed by atoms with van der Waals surface area (Å²) in [5.74, 6) is -4.37. The van der Waals surface area contributed by atoms with Crippen LogP contribution in [0.5, 0.6) is 0 Å². The third kappa shape index (κ3) is 4.43. The molecule has 1 saturated heterocycles. The van der Waals surface area contributed by atoms with Gasteiger partial charge in [-0.1, -0.05) is 12.1 Å². The highest BCUT2D eigenvalue weighted by molar-refractivity contribution is 6.38. The molecule has 2 amide bonds. The minimum absolute atomic E-state index is 0.291. The van der Waals surface area contributed by atoms with Crippen molar-refractivity contribution in [2.45, 2.75) is 18.4 Å². The lowest BCUT2D eigenvalue weighted by Crippen LogP contribution is -2.43. The number of hydrogen-bond donors (Lipinski definition) is 3. The number of benzene rings is 1. The Hall–Kier alpha value is -3.26. The van der Waals surface area contributed by atoms with Crippen molar-refractivity contribution >= 4 is 36.0 Å². The van der Waals surface area contributed by atoms with Gasteiger partial charge < -0.3 is 20.7 Å². The summed E-state index contributed by atoms with van der Waals surface area (Å²) in [7, 11) is 3.34. The van der Waals surface area contributed by atoms with E-state index in [1.807, 2.05) is 0 Å². The summed E-state index contributed by atoms with van der Waals surface area (Å²) in [6.07, 6.45) is 0.772. The molecule has 8 nitrogen and oxygen atoms in total. The van der Waals surface area contributed by atoms with E-state index in [0.29, 0.717) is 22.2 Å². The average Bonchev–Trinajstić information content (AvgIpc) is 3.04. The smallest absolute Gasteiger partial charge is 0.346 e. The van der Waals surface area contributed by atoms with E-state index in [1.165, 1.54) is 12.3 Å². The first-order valence-electron chi connectivity index (χ1n) is 8.84. The molecule has 3 N–H and O–H groups in total. The number of likely N-dealkylation sites (tertiary alicyclic amines) is 1. The number of amides is 2. The van der Waals surface area contributed by atoms with Crippen molar-refractivity contribution in [3.05, 3.63) is 36.0 Å². The number of alkyl halides is 2. The number of pyridine rings is 1. The second-order valence-electron chi connectivity index (χ2n) is 6.55. The van der Waals surface area contributed by atoms with Crippen LogP contribution in [0.2, 0.25) is 0 Å². The van der Waals surface area contributed by atoms with E-state index in [1.54, 1.807) is 38.9 Å². The van der Waals surface area contributed by atoms with Crippen LogP contribution in [0.1, 0.15) is 16.8 Å². The minimum Gasteiger partial charge on any atom is -0.416 e. The molecule has 3 rings (SSSR count). The monoisotopic (exact) mass is 399 g/mol. The predicted octanol–water partition coefficient (Wildman–Crippen LogP) is 0.890. The number of aromatic nitrogens is 1. The van der Waals surface area contributed by atoms with Crippen LogP contribution in [0.4, 0.5) is 14.5 Å². The Kier molecular flexibility index (Phi) is 5.93. The number of halogens is 2. The van der Waals surface area contributed by atoms with Crippen LogP contribution in [-0.4, -0.2) is 61.3 Å². The SMILES string of the molecule is CN[B]Nc1cccc2c(C(=O)NCC(=O)N3CC(F)(F)C[C@H]3C#N)ccnc12. The van der Waals surface area contributed by atoms with Crippen LogP contribution >= 0.6 is 0 Å². The van der Waals surface area contributed by atoms with Crippen molar-refractivity contribution in [2.75, 3.05) is 25.4 Å². The molecular weight excluding hydrogens is 381 g/mol. The van der Waals surface area contributed by atoms with Crippen LogP contribution in [0.15, 0.2) is 30.5 Å². The molecule has 0 unspecified atom stereocenters. The maximum atomic E-state index is 13.5. The molecule has 2 heterocycles. The summed E-state index contributed by atoms with van der Waals surface area (Å²) < 4.78 is 27.0. The molecule has 11 heteroatoms. The molecule has 0 saturated carbocycles. The Labute approximate surface area is 166 Å². The summed E-state index contributed by atoms with van der Waals surface area (Å²) >= 11 is 0. The van der Waals surface area contributed by atoms with Crippen molar-refractivity contribution in [1.29, 1.82) is 5.26 Å². The fourth-order valence-corrected chi connectivity index (χ4v) is 3.19. The van der Waals surface area contributed by atoms with Crippen molar-refractivity contribution in [3.63, 3.8) is 0 Å². The Morgan fingerprint density at radius 3 is 2.93 bits per heavy atom. The zero-order valence-corrected chi connectivity index (χ0v) is 15.6. The van der Waals surface area contributed by atoms with Crippen LogP contribution in [0.25, 0.3) is 10.9 Å². The number of para-hydroxylation sites is 1. The highest BCUT2D eigenvalue weighted by atomic mass is 19.3. The molecule has 1 aromatic heterocycles. The molecule has 1 aliphatic heterocycles. The Morgan fingerprint density at radius 1 is 1.41 bits per heavy atom. The largest absolute Gasteiger partial charge is 0.416 e. The van der Waals surface area contributed by atoms with Gasteiger partial charge in [0, 0.05) is 23.7 Å². The summed E-state index contributed by atoms with van der Waals surface area (Å²) in [5, 5.41) is 17.9. The maximum absolute atomic E-state index is 13.5. The van der Waals surface area contributed by atoms with Gasteiger partial charge in [-0.25, -0.2) is 8.78 Å². The zero-order chi connectivity index (χ0) is 21.0. The fourth-order valence-electron chi connectivity index (χ4n) is 3.19. The summed E-state index contributed by atoms with van der Waals surface area (Å²) in [6, 6.07) is 7.28. The predicted molar refractivity (Wildman–Crippen MR) is 103 cm³/mol. The molecule has 29 heavy (non-hydrogen) atoms. The van der Waals surface area contributed by atoms with Gasteiger partial charge in [-0.15, -0.1) is 0 Å². The Morgan fingerprint density at radius 2 is 2.21 bits per heavy atom. The standard InChI is InChI=1S/C18H18BF2N6O2/c1-23-19-26-14-4-2-3-12-13(5-6-24-16(12)14)17(29)25-9-15(28)27-10-18(20,21)7-11(27)8-22/h2-6,11,23,26H,7,9-10H2,1H3,(H,25,29)/t11-/m0/s1. The van der Waals surface area contributed by atoms with Crippen molar-refractivity contribution in [2.24, 2.45) is 0 Å². The third-order valence-corrected chi connectivity index (χ3v) is 4.53. The number of nitrogens with zero attached hydrogens (tertiary/aromatic N) is 3. The van der Waals surface area contributed by atoms with Gasteiger partial charge in [0.05, 0.1) is 30.2 Å². The Bertz CT molecular complexity index is 980. The highest BCUT2D eigenvalue weighted by Crippen LogP contribution is 2.31. The first-order chi connectivity index (χ1) is 13.9. The average molecular weight is 399 g/mol. The van der Waals surface area contributed by atoms with Gasteiger partial charge >= 0.3 is 7.55 Å². The molecular formula is C18H18BF2N6O2. The molecule has 0 bridgehead atoms. The van der Waals surface area contributed by atoms with Gasteiger partial charge in [0.2, 0.25) is 5.91 Å². The molecule has 1 fully saturated rings. The number of fused-ring (bicyclic) bond motifs is 1. The van der Waals surface area contributed by atoms with Crippen LogP contribution in [0.3, 0.4) is 0 Å². The van der Waals surface area contributed by atoms with Gasteiger partial charge in [-0.2, -0.15) is 5.26 Å². The molecule has 2 aromatic rings. The van der Waals surface area contributed by atoms with E-state index in [-0.39, 0.29) is 0 Å². The number of rotatable bonds is 6. The van der Waals surface area contributed by atoms with E-state index in [2.05, 4.69) is 20.8 Å². The molecule has 1 radical (unpaired) electrons. The lowest BCUT2D eigenvalue weighted by molar-refractivity contribution is -0.131. The second kappa shape index (κ2) is 8.40. The second-order valence-corrected chi connectivity index (χ2v) is 6.55. The summed E-state index contributed by atoms with van der Waals surface area (Å²) in [5.41, 5.74) is 1.53. The molecule has 1 aromatic carbocycles. The normalized spacial score (nSPS) is 17.6. The van der Waals surface area contributed by atoms with Gasteiger partial charge in [0.25, 0.3) is 11.8 Å². The third-order valence-electron chi connectivity index (χ3n) is 4.53. The van der Waals surface area contributed by atoms with Crippen LogP contribution < -0.4 is 15.8 Å². The summed E-state index contributed by atoms with van der Waals surface area (Å²) in [6.45, 7) is -1.31. The number of anilines is 1. The van der Waals surface area contributed by atoms with Gasteiger partial charge in [0.1, 0.15) is 6.04 Å². The van der Waals surface area contributed by atoms with Gasteiger partial charge in [0.15, 0.2) is 0 Å². The van der Waals surface area contributed by atoms with Crippen LogP contribution in [-0.2, 0) is 4.79 Å². The Balaban J connectivity index is 1.74. The van der Waals surface area contributed by atoms with E-state index in [9.17, 15) is 18.4 Å². The molecule has 1 aliphatic rings. The topological polar surface area (TPSA) is 110 Å². The minimum atomic E-state index is -3.10. The van der Waals surface area contributed by atoms with E-state index < -0.39 is 43.3 Å². The van der Waals surface area contributed by atoms with Crippen molar-refractivity contribution in [1.82, 2.24) is 20.4 Å². The fraction of sp³-hybridized carbons (Fsp3) is 0.333. The molecule has 1 atom stereocenters. The number of carbonyl (C=O) groups excluding carboxylic acids is 2. The van der Waals surface area contributed by atoms with Crippen molar-refractivity contribution < 1.29 is 18.4 Å². The van der Waals surface area contributed by atoms with Gasteiger partial charge in [-0.05, 0) is 19.2 Å². The zero-order valence-electron chi connectivity index (χ0n) is 15.6.